The van der Waals surface area contributed by atoms with Crippen molar-refractivity contribution in [1.29, 1.82) is 0 Å². The minimum atomic E-state index is -3.91. The van der Waals surface area contributed by atoms with Crippen molar-refractivity contribution < 1.29 is 27.5 Å². The van der Waals surface area contributed by atoms with Crippen molar-refractivity contribution in [2.75, 3.05) is 39.5 Å². The zero-order valence-electron chi connectivity index (χ0n) is 23.0. The fraction of sp³-hybridized carbons (Fsp3) is 0.962. The van der Waals surface area contributed by atoms with E-state index in [4.69, 9.17) is 0 Å². The first kappa shape index (κ1) is 35.5. The number of amides is 1. The monoisotopic (exact) mass is 508 g/mol. The zero-order valence-corrected chi connectivity index (χ0v) is 23.8. The molecule has 1 atom stereocenters. The smallest absolute Gasteiger partial charge is 0.267 e. The van der Waals surface area contributed by atoms with Crippen molar-refractivity contribution in [2.24, 2.45) is 0 Å². The second kappa shape index (κ2) is 22.7. The van der Waals surface area contributed by atoms with Gasteiger partial charge in [0.25, 0.3) is 5.91 Å². The number of hydrogen-bond acceptors (Lipinski definition) is 5. The number of nitrogens with zero attached hydrogens (tertiary/aromatic N) is 2. The maximum absolute atomic E-state index is 12.4. The van der Waals surface area contributed by atoms with Crippen molar-refractivity contribution in [1.82, 2.24) is 5.01 Å². The lowest BCUT2D eigenvalue weighted by atomic mass is 10.0. The van der Waals surface area contributed by atoms with E-state index in [1.165, 1.54) is 90.4 Å². The molecule has 0 aromatic rings. The third-order valence-corrected chi connectivity index (χ3v) is 7.40. The maximum atomic E-state index is 12.4. The minimum absolute atomic E-state index is 0.112. The molecule has 1 amide bonds. The highest BCUT2D eigenvalue weighted by Crippen LogP contribution is 2.15. The van der Waals surface area contributed by atoms with Gasteiger partial charge in [0.05, 0.1) is 37.4 Å². The van der Waals surface area contributed by atoms with Gasteiger partial charge in [-0.3, -0.25) is 4.79 Å². The van der Waals surface area contributed by atoms with Crippen LogP contribution in [0.3, 0.4) is 0 Å². The number of hydrogen-bond donors (Lipinski definition) is 1. The number of unbranched alkanes of at least 4 members (excludes halogenated alkanes) is 14. The Labute approximate surface area is 211 Å². The van der Waals surface area contributed by atoms with Crippen LogP contribution in [0.1, 0.15) is 124 Å². The molecule has 0 radical (unpaired) electrons. The number of likely N-dealkylation sites (N-methyl/N-ethyl adjacent to an activating group) is 1. The summed E-state index contributed by atoms with van der Waals surface area (Å²) in [6.07, 6.45) is 20.8. The van der Waals surface area contributed by atoms with Crippen LogP contribution in [0.4, 0.5) is 0 Å². The largest absolute Gasteiger partial charge is 0.748 e. The van der Waals surface area contributed by atoms with Crippen LogP contribution in [-0.4, -0.2) is 73.1 Å². The van der Waals surface area contributed by atoms with E-state index in [1.807, 2.05) is 14.1 Å². The SMILES string of the molecule is CCCCCCCCCCCCCCCCCC(=O)N(C)[N+](C)(CC)CCO.CCS(=O)(=O)[O-]. The summed E-state index contributed by atoms with van der Waals surface area (Å²) in [5, 5.41) is 11.0. The number of quaternary nitrogens is 1. The maximum Gasteiger partial charge on any atom is 0.267 e. The molecule has 8 heteroatoms. The van der Waals surface area contributed by atoms with Crippen molar-refractivity contribution in [3.63, 3.8) is 0 Å². The van der Waals surface area contributed by atoms with E-state index < -0.39 is 10.1 Å². The van der Waals surface area contributed by atoms with Crippen LogP contribution < -0.4 is 0 Å². The molecule has 1 N–H and O–H groups in total. The number of rotatable bonds is 21. The van der Waals surface area contributed by atoms with Gasteiger partial charge in [-0.05, 0) is 13.3 Å². The Morgan fingerprint density at radius 3 is 1.44 bits per heavy atom. The lowest BCUT2D eigenvalue weighted by Gasteiger charge is -2.39. The van der Waals surface area contributed by atoms with Crippen LogP contribution in [0, 0.1) is 0 Å². The molecule has 0 aromatic heterocycles. The summed E-state index contributed by atoms with van der Waals surface area (Å²) in [7, 11) is -0.0298. The molecule has 206 valence electrons. The van der Waals surface area contributed by atoms with Gasteiger partial charge >= 0.3 is 0 Å². The Balaban J connectivity index is 0. The number of carbonyl (C=O) groups is 1. The van der Waals surface area contributed by atoms with Crippen molar-refractivity contribution in [3.8, 4) is 0 Å². The van der Waals surface area contributed by atoms with Gasteiger partial charge in [-0.25, -0.2) is 13.0 Å². The molecule has 0 rings (SSSR count). The summed E-state index contributed by atoms with van der Waals surface area (Å²) in [5.74, 6) is -0.111. The van der Waals surface area contributed by atoms with Gasteiger partial charge in [0.2, 0.25) is 0 Å². The third kappa shape index (κ3) is 21.8. The van der Waals surface area contributed by atoms with E-state index in [2.05, 4.69) is 13.8 Å². The summed E-state index contributed by atoms with van der Waals surface area (Å²) in [5.41, 5.74) is 0. The summed E-state index contributed by atoms with van der Waals surface area (Å²) >= 11 is 0. The fourth-order valence-corrected chi connectivity index (χ4v) is 3.81. The highest BCUT2D eigenvalue weighted by atomic mass is 32.2. The van der Waals surface area contributed by atoms with E-state index >= 15 is 0 Å². The minimum Gasteiger partial charge on any atom is -0.748 e. The molecule has 0 heterocycles. The van der Waals surface area contributed by atoms with Crippen molar-refractivity contribution >= 4 is 16.0 Å². The molecule has 0 saturated carbocycles. The molecule has 0 bridgehead atoms. The summed E-state index contributed by atoms with van der Waals surface area (Å²) in [4.78, 5) is 12.4. The molecule has 0 spiro atoms. The molecule has 34 heavy (non-hydrogen) atoms. The highest BCUT2D eigenvalue weighted by Gasteiger charge is 2.28. The first-order chi connectivity index (χ1) is 16.1. The third-order valence-electron chi connectivity index (χ3n) is 6.70. The second-order valence-electron chi connectivity index (χ2n) is 9.57. The molecule has 7 nitrogen and oxygen atoms in total. The van der Waals surface area contributed by atoms with Crippen molar-refractivity contribution in [2.45, 2.75) is 124 Å². The van der Waals surface area contributed by atoms with Crippen LogP contribution in [-0.2, 0) is 14.9 Å². The normalized spacial score (nSPS) is 13.1. The predicted molar refractivity (Wildman–Crippen MR) is 141 cm³/mol. The molecule has 0 saturated heterocycles. The Bertz CT molecular complexity index is 572. The summed E-state index contributed by atoms with van der Waals surface area (Å²) in [6, 6.07) is 0. The van der Waals surface area contributed by atoms with Crippen LogP contribution in [0.25, 0.3) is 0 Å². The van der Waals surface area contributed by atoms with Crippen LogP contribution >= 0.6 is 0 Å². The van der Waals surface area contributed by atoms with Crippen molar-refractivity contribution in [3.05, 3.63) is 0 Å². The zero-order chi connectivity index (χ0) is 26.3. The molecule has 0 fully saturated rings. The Morgan fingerprint density at radius 2 is 1.15 bits per heavy atom. The lowest BCUT2D eigenvalue weighted by molar-refractivity contribution is -1.00. The molecular formula is C26H56N2O5S. The summed E-state index contributed by atoms with van der Waals surface area (Å²) < 4.78 is 28.8. The highest BCUT2D eigenvalue weighted by molar-refractivity contribution is 7.85. The van der Waals surface area contributed by atoms with Crippen LogP contribution in [0.2, 0.25) is 0 Å². The van der Waals surface area contributed by atoms with E-state index in [0.717, 1.165) is 19.4 Å². The van der Waals surface area contributed by atoms with Gasteiger partial charge in [-0.2, -0.15) is 5.01 Å². The average Bonchev–Trinajstić information content (AvgIpc) is 2.80. The number of aliphatic hydroxyl groups is 1. The van der Waals surface area contributed by atoms with E-state index in [1.54, 1.807) is 5.01 Å². The first-order valence-electron chi connectivity index (χ1n) is 13.7. The first-order valence-corrected chi connectivity index (χ1v) is 15.3. The Morgan fingerprint density at radius 1 is 0.794 bits per heavy atom. The Kier molecular flexibility index (Phi) is 23.7. The van der Waals surface area contributed by atoms with E-state index in [9.17, 15) is 22.9 Å². The number of carbonyl (C=O) groups excluding carboxylic acids is 1. The van der Waals surface area contributed by atoms with Gasteiger partial charge in [0.1, 0.15) is 6.54 Å². The second-order valence-corrected chi connectivity index (χ2v) is 11.3. The van der Waals surface area contributed by atoms with E-state index in [-0.39, 0.29) is 18.3 Å². The molecule has 0 aliphatic rings. The molecule has 0 aliphatic carbocycles. The summed E-state index contributed by atoms with van der Waals surface area (Å²) in [6.45, 7) is 7.18. The molecular weight excluding hydrogens is 452 g/mol. The van der Waals surface area contributed by atoms with Gasteiger partial charge < -0.3 is 9.66 Å². The average molecular weight is 509 g/mol. The number of aliphatic hydroxyl groups excluding tert-OH is 1. The predicted octanol–water partition coefficient (Wildman–Crippen LogP) is 5.63. The van der Waals surface area contributed by atoms with Gasteiger partial charge in [0, 0.05) is 12.2 Å². The van der Waals surface area contributed by atoms with E-state index in [0.29, 0.717) is 17.6 Å². The molecule has 1 unspecified atom stereocenters. The van der Waals surface area contributed by atoms with Crippen LogP contribution in [0.15, 0.2) is 0 Å². The lowest BCUT2D eigenvalue weighted by Crippen LogP contribution is -2.59. The fourth-order valence-electron chi connectivity index (χ4n) is 3.81. The van der Waals surface area contributed by atoms with Crippen LogP contribution in [0.5, 0.6) is 0 Å². The van der Waals surface area contributed by atoms with Gasteiger partial charge in [-0.1, -0.05) is 104 Å². The Hall–Kier alpha value is -0.700. The van der Waals surface area contributed by atoms with Gasteiger partial charge in [-0.15, -0.1) is 0 Å². The van der Waals surface area contributed by atoms with Gasteiger partial charge in [0.15, 0.2) is 0 Å². The standard InChI is InChI=1S/C24H51N2O2.C2H6O3S/c1-5-7-8-9-10-11-12-13-14-15-16-17-18-19-20-21-24(28)25(3)26(4,6-2)22-23-27;1-2-6(3,4)5/h27H,5-23H2,1-4H3;2H2,1H3,(H,3,4,5)/q+1;/p-1. The molecule has 0 aliphatic heterocycles. The quantitative estimate of drug-likeness (QED) is 0.0937. The topological polar surface area (TPSA) is 97.7 Å². The molecule has 0 aromatic carbocycles.